The average molecular weight is 727 g/mol. The summed E-state index contributed by atoms with van der Waals surface area (Å²) in [5.74, 6) is -0.771. The molecule has 4 heteroatoms. The van der Waals surface area contributed by atoms with Crippen molar-refractivity contribution in [2.45, 2.75) is 214 Å². The predicted octanol–water partition coefficient (Wildman–Crippen LogP) is 13.4. The number of carboxylic acids is 1. The predicted molar refractivity (Wildman–Crippen MR) is 200 cm³/mol. The maximum atomic E-state index is 13.1. The van der Waals surface area contributed by atoms with Gasteiger partial charge in [-0.15, -0.1) is 0 Å². The van der Waals surface area contributed by atoms with Gasteiger partial charge in [0, 0.05) is 0 Å². The van der Waals surface area contributed by atoms with Crippen molar-refractivity contribution in [2.75, 3.05) is 0 Å². The van der Waals surface area contributed by atoms with E-state index in [0.29, 0.717) is 0 Å². The Balaban J connectivity index is 3.49. The van der Waals surface area contributed by atoms with E-state index < -0.39 is 27.2 Å². The van der Waals surface area contributed by atoms with Gasteiger partial charge in [0.15, 0.2) is 21.2 Å². The Hall–Kier alpha value is -0.780. The van der Waals surface area contributed by atoms with Gasteiger partial charge in [0.05, 0.1) is 9.99 Å². The quantitative estimate of drug-likeness (QED) is 0.0612. The highest BCUT2D eigenvalue weighted by Crippen LogP contribution is 2.37. The fourth-order valence-corrected chi connectivity index (χ4v) is 8.56. The van der Waals surface area contributed by atoms with Crippen LogP contribution in [-0.4, -0.2) is 11.1 Å². The van der Waals surface area contributed by atoms with Crippen LogP contribution in [0.3, 0.4) is 0 Å². The van der Waals surface area contributed by atoms with Gasteiger partial charge in [0.25, 0.3) is 0 Å². The zero-order chi connectivity index (χ0) is 32.3. The Bertz CT molecular complexity index is 878. The summed E-state index contributed by atoms with van der Waals surface area (Å²) in [6.07, 6.45) is 34.3. The number of benzene rings is 1. The summed E-state index contributed by atoms with van der Waals surface area (Å²) in [5.41, 5.74) is 6.57. The molecule has 0 saturated heterocycles. The van der Waals surface area contributed by atoms with Crippen LogP contribution >= 0.6 is 21.2 Å². The van der Waals surface area contributed by atoms with Gasteiger partial charge in [-0.25, -0.2) is 0 Å². The summed E-state index contributed by atoms with van der Waals surface area (Å²) in [7, 11) is 0. The van der Waals surface area contributed by atoms with Crippen molar-refractivity contribution in [2.24, 2.45) is 0 Å². The number of hydrogen-bond acceptors (Lipinski definition) is 2. The molecule has 1 N–H and O–H groups in total. The third-order valence-electron chi connectivity index (χ3n) is 9.51. The monoisotopic (exact) mass is 726 g/mol. The van der Waals surface area contributed by atoms with Gasteiger partial charge < -0.3 is 5.11 Å². The second-order valence-corrected chi connectivity index (χ2v) is 14.9. The lowest BCUT2D eigenvalue weighted by molar-refractivity contribution is -0.136. The van der Waals surface area contributed by atoms with Gasteiger partial charge in [-0.3, -0.25) is 7.86 Å². The van der Waals surface area contributed by atoms with E-state index in [1.54, 1.807) is 0 Å². The summed E-state index contributed by atoms with van der Waals surface area (Å²) < 4.78 is 14.1. The van der Waals surface area contributed by atoms with E-state index in [0.717, 1.165) is 47.7 Å². The van der Waals surface area contributed by atoms with Gasteiger partial charge in [0.1, 0.15) is 0 Å². The summed E-state index contributed by atoms with van der Waals surface area (Å²) in [4.78, 5) is 12.3. The molecule has 0 amide bonds. The Kier molecular flexibility index (Phi) is 26.7. The number of rotatable bonds is 31. The first-order valence-electron chi connectivity index (χ1n) is 19.2. The summed E-state index contributed by atoms with van der Waals surface area (Å²) in [6, 6.07) is 0. The molecule has 0 aliphatic carbocycles. The van der Waals surface area contributed by atoms with Crippen molar-refractivity contribution < 1.29 is 13.0 Å². The first-order chi connectivity index (χ1) is 21.5. The minimum atomic E-state index is -1.44. The highest BCUT2D eigenvalue weighted by atomic mass is 127. The molecule has 0 saturated carbocycles. The molecule has 0 bridgehead atoms. The number of carboxylic acid groups (broad SMARTS) is 1. The van der Waals surface area contributed by atoms with Crippen LogP contribution in [0.2, 0.25) is 0 Å². The van der Waals surface area contributed by atoms with Crippen molar-refractivity contribution in [3.05, 3.63) is 31.4 Å². The molecule has 0 spiro atoms. The standard InChI is InChI=1S/C40H71IO3/c1-5-9-13-17-21-25-29-34-35(30-26-22-18-14-10-6-2)37(32-28-24-20-16-12-8-4)40(41-44)38(33-39(42)43)36(34)31-27-23-19-15-11-7-3/h5-33H2,1-4H3,(H,42,43). The molecule has 1 aromatic rings. The maximum absolute atomic E-state index is 13.1. The first-order valence-corrected chi connectivity index (χ1v) is 21.2. The molecular weight excluding hydrogens is 655 g/mol. The van der Waals surface area contributed by atoms with E-state index in [9.17, 15) is 13.0 Å². The van der Waals surface area contributed by atoms with E-state index in [2.05, 4.69) is 27.7 Å². The molecule has 0 aromatic heterocycles. The van der Waals surface area contributed by atoms with E-state index in [4.69, 9.17) is 0 Å². The average Bonchev–Trinajstić information content (AvgIpc) is 3.01. The highest BCUT2D eigenvalue weighted by molar-refractivity contribution is 14.1. The number of carbonyl (C=O) groups is 1. The van der Waals surface area contributed by atoms with Gasteiger partial charge >= 0.3 is 5.97 Å². The number of unbranched alkanes of at least 4 members (excludes halogenated alkanes) is 20. The van der Waals surface area contributed by atoms with E-state index in [-0.39, 0.29) is 6.42 Å². The van der Waals surface area contributed by atoms with Gasteiger partial charge in [-0.05, 0) is 79.2 Å². The molecule has 0 aliphatic rings. The van der Waals surface area contributed by atoms with E-state index in [1.807, 2.05) is 0 Å². The number of aliphatic carboxylic acids is 1. The van der Waals surface area contributed by atoms with Crippen LogP contribution in [0.1, 0.15) is 210 Å². The highest BCUT2D eigenvalue weighted by Gasteiger charge is 2.24. The summed E-state index contributed by atoms with van der Waals surface area (Å²) >= 11 is -1.44. The fraction of sp³-hybridized carbons (Fsp3) is 0.825. The zero-order valence-electron chi connectivity index (χ0n) is 29.6. The lowest BCUT2D eigenvalue weighted by atomic mass is 9.82. The molecular formula is C40H71IO3. The molecule has 0 atom stereocenters. The van der Waals surface area contributed by atoms with Crippen molar-refractivity contribution in [1.29, 1.82) is 0 Å². The molecule has 1 aromatic carbocycles. The SMILES string of the molecule is CCCCCCCCc1c(CCCCCCCC)c(CCCCCCCC)c(I=O)c(CC(=O)O)c1CCCCCCCC. The van der Waals surface area contributed by atoms with Crippen LogP contribution < -0.4 is 0 Å². The molecule has 0 heterocycles. The number of hydrogen-bond donors (Lipinski definition) is 1. The van der Waals surface area contributed by atoms with Gasteiger partial charge in [-0.2, -0.15) is 0 Å². The van der Waals surface area contributed by atoms with E-state index in [1.165, 1.54) is 164 Å². The lowest BCUT2D eigenvalue weighted by Crippen LogP contribution is -2.16. The first kappa shape index (κ1) is 41.2. The Morgan fingerprint density at radius 3 is 1.02 bits per heavy atom. The van der Waals surface area contributed by atoms with Crippen molar-refractivity contribution in [1.82, 2.24) is 0 Å². The molecule has 0 unspecified atom stereocenters. The Labute approximate surface area is 284 Å². The molecule has 0 aliphatic heterocycles. The van der Waals surface area contributed by atoms with Crippen LogP contribution in [0.4, 0.5) is 0 Å². The lowest BCUT2D eigenvalue weighted by Gasteiger charge is -2.25. The minimum Gasteiger partial charge on any atom is -0.481 e. The fourth-order valence-electron chi connectivity index (χ4n) is 6.92. The van der Waals surface area contributed by atoms with Crippen molar-refractivity contribution >= 4 is 27.2 Å². The van der Waals surface area contributed by atoms with Gasteiger partial charge in [-0.1, -0.05) is 156 Å². The minimum absolute atomic E-state index is 0.0345. The molecule has 256 valence electrons. The van der Waals surface area contributed by atoms with Crippen LogP contribution in [0.15, 0.2) is 0 Å². The van der Waals surface area contributed by atoms with Crippen LogP contribution in [-0.2, 0) is 40.0 Å². The summed E-state index contributed by atoms with van der Waals surface area (Å²) in [6.45, 7) is 9.08. The topological polar surface area (TPSA) is 54.4 Å². The normalized spacial score (nSPS) is 11.5. The second-order valence-electron chi connectivity index (χ2n) is 13.4. The largest absolute Gasteiger partial charge is 0.481 e. The third-order valence-corrected chi connectivity index (χ3v) is 11.3. The smallest absolute Gasteiger partial charge is 0.307 e. The van der Waals surface area contributed by atoms with Crippen molar-refractivity contribution in [3.63, 3.8) is 0 Å². The van der Waals surface area contributed by atoms with E-state index >= 15 is 0 Å². The van der Waals surface area contributed by atoms with Crippen LogP contribution in [0.25, 0.3) is 0 Å². The molecule has 44 heavy (non-hydrogen) atoms. The van der Waals surface area contributed by atoms with Gasteiger partial charge in [0.2, 0.25) is 0 Å². The zero-order valence-corrected chi connectivity index (χ0v) is 31.8. The summed E-state index contributed by atoms with van der Waals surface area (Å²) in [5, 5.41) is 10.1. The molecule has 0 radical (unpaired) electrons. The van der Waals surface area contributed by atoms with Crippen LogP contribution in [0.5, 0.6) is 0 Å². The molecule has 0 fully saturated rings. The van der Waals surface area contributed by atoms with Crippen LogP contribution in [0, 0.1) is 3.57 Å². The Morgan fingerprint density at radius 1 is 0.432 bits per heavy atom. The maximum Gasteiger partial charge on any atom is 0.307 e. The molecule has 3 nitrogen and oxygen atoms in total. The Morgan fingerprint density at radius 2 is 0.705 bits per heavy atom. The third kappa shape index (κ3) is 17.8. The second kappa shape index (κ2) is 28.4. The number of halogens is 1. The van der Waals surface area contributed by atoms with Crippen molar-refractivity contribution in [3.8, 4) is 0 Å². The molecule has 1 rings (SSSR count).